The van der Waals surface area contributed by atoms with Gasteiger partial charge < -0.3 is 4.74 Å². The lowest BCUT2D eigenvalue weighted by Crippen LogP contribution is -2.00. The average Bonchev–Trinajstić information content (AvgIpc) is 2.89. The Morgan fingerprint density at radius 1 is 1.23 bits per heavy atom. The van der Waals surface area contributed by atoms with Gasteiger partial charge in [0.15, 0.2) is 5.78 Å². The molecule has 22 heavy (non-hydrogen) atoms. The molecule has 0 aromatic heterocycles. The molecule has 1 atom stereocenters. The Hall–Kier alpha value is -1.64. The molecule has 0 saturated heterocycles. The van der Waals surface area contributed by atoms with Crippen molar-refractivity contribution in [3.8, 4) is 0 Å². The van der Waals surface area contributed by atoms with E-state index >= 15 is 0 Å². The largest absolute Gasteiger partial charge is 0.469 e. The maximum Gasteiger partial charge on any atom is 0.305 e. The number of esters is 1. The van der Waals surface area contributed by atoms with E-state index in [4.69, 9.17) is 0 Å². The van der Waals surface area contributed by atoms with Gasteiger partial charge in [-0.2, -0.15) is 0 Å². The van der Waals surface area contributed by atoms with Crippen LogP contribution in [0.4, 0.5) is 0 Å². The smallest absolute Gasteiger partial charge is 0.305 e. The molecule has 0 aromatic carbocycles. The highest BCUT2D eigenvalue weighted by molar-refractivity contribution is 6.07. The van der Waals surface area contributed by atoms with Crippen molar-refractivity contribution in [1.29, 1.82) is 0 Å². The molecule has 1 aliphatic carbocycles. The Kier molecular flexibility index (Phi) is 9.20. The number of ether oxygens (including phenoxy) is 1. The van der Waals surface area contributed by atoms with Gasteiger partial charge >= 0.3 is 5.97 Å². The van der Waals surface area contributed by atoms with Gasteiger partial charge in [-0.1, -0.05) is 50.5 Å². The molecular weight excluding hydrogens is 276 g/mol. The summed E-state index contributed by atoms with van der Waals surface area (Å²) in [5.74, 6) is 0.339. The van der Waals surface area contributed by atoms with Gasteiger partial charge in [0.25, 0.3) is 0 Å². The molecule has 122 valence electrons. The van der Waals surface area contributed by atoms with E-state index in [1.54, 1.807) is 6.08 Å². The molecule has 0 heterocycles. The highest BCUT2D eigenvalue weighted by Gasteiger charge is 2.20. The molecule has 0 amide bonds. The molecule has 0 aliphatic heterocycles. The third-order valence-electron chi connectivity index (χ3n) is 3.99. The van der Waals surface area contributed by atoms with Crippen LogP contribution in [0.3, 0.4) is 0 Å². The van der Waals surface area contributed by atoms with Gasteiger partial charge in [-0.3, -0.25) is 9.59 Å². The number of hydrogen-bond acceptors (Lipinski definition) is 3. The lowest BCUT2D eigenvalue weighted by molar-refractivity contribution is -0.140. The van der Waals surface area contributed by atoms with Crippen molar-refractivity contribution in [2.45, 2.75) is 58.3 Å². The summed E-state index contributed by atoms with van der Waals surface area (Å²) in [5, 5.41) is 0. The molecule has 0 fully saturated rings. The molecule has 3 heteroatoms. The molecule has 0 spiro atoms. The molecule has 0 unspecified atom stereocenters. The summed E-state index contributed by atoms with van der Waals surface area (Å²) in [6.45, 7) is 2.10. The van der Waals surface area contributed by atoms with Crippen LogP contribution in [0.25, 0.3) is 0 Å². The third-order valence-corrected chi connectivity index (χ3v) is 3.99. The standard InChI is InChI=1S/C19H28O3/c1-3-16-14-15-18(20)17(16)12-10-8-6-4-5-7-9-11-13-19(21)22-2/h8,10,12,14-16H,3-7,9,11,13H2,1-2H3/b10-8-,17-12+/t16-/m1/s1. The van der Waals surface area contributed by atoms with Crippen LogP contribution in [-0.2, 0) is 14.3 Å². The zero-order chi connectivity index (χ0) is 16.2. The van der Waals surface area contributed by atoms with Crippen molar-refractivity contribution in [3.63, 3.8) is 0 Å². The second-order valence-corrected chi connectivity index (χ2v) is 5.67. The Balaban J connectivity index is 2.07. The van der Waals surface area contributed by atoms with E-state index in [-0.39, 0.29) is 11.8 Å². The van der Waals surface area contributed by atoms with E-state index in [2.05, 4.69) is 17.7 Å². The zero-order valence-electron chi connectivity index (χ0n) is 13.8. The van der Waals surface area contributed by atoms with Crippen molar-refractivity contribution in [3.05, 3.63) is 36.0 Å². The summed E-state index contributed by atoms with van der Waals surface area (Å²) in [7, 11) is 1.43. The molecule has 0 bridgehead atoms. The molecule has 1 aliphatic rings. The number of unbranched alkanes of at least 4 members (excludes halogenated alkanes) is 5. The zero-order valence-corrected chi connectivity index (χ0v) is 13.8. The SMILES string of the molecule is CC[C@@H]1C=CC(=O)/C1=C/C=C\CCCCCCCC(=O)OC. The quantitative estimate of drug-likeness (QED) is 0.338. The van der Waals surface area contributed by atoms with Crippen molar-refractivity contribution in [2.24, 2.45) is 5.92 Å². The Morgan fingerprint density at radius 3 is 2.68 bits per heavy atom. The minimum Gasteiger partial charge on any atom is -0.469 e. The van der Waals surface area contributed by atoms with Crippen LogP contribution in [0.1, 0.15) is 58.3 Å². The van der Waals surface area contributed by atoms with Crippen LogP contribution in [0.2, 0.25) is 0 Å². The fourth-order valence-corrected chi connectivity index (χ4v) is 2.58. The van der Waals surface area contributed by atoms with E-state index in [0.29, 0.717) is 12.3 Å². The summed E-state index contributed by atoms with van der Waals surface area (Å²) in [6.07, 6.45) is 17.8. The Bertz CT molecular complexity index is 444. The van der Waals surface area contributed by atoms with Crippen LogP contribution in [-0.4, -0.2) is 18.9 Å². The third kappa shape index (κ3) is 6.88. The van der Waals surface area contributed by atoms with Gasteiger partial charge in [0.2, 0.25) is 0 Å². The fourth-order valence-electron chi connectivity index (χ4n) is 2.58. The second-order valence-electron chi connectivity index (χ2n) is 5.67. The van der Waals surface area contributed by atoms with E-state index in [9.17, 15) is 9.59 Å². The van der Waals surface area contributed by atoms with Gasteiger partial charge in [0.05, 0.1) is 7.11 Å². The molecular formula is C19H28O3. The molecule has 0 radical (unpaired) electrons. The van der Waals surface area contributed by atoms with Gasteiger partial charge in [-0.15, -0.1) is 0 Å². The fraction of sp³-hybridized carbons (Fsp3) is 0.579. The highest BCUT2D eigenvalue weighted by Crippen LogP contribution is 2.24. The lowest BCUT2D eigenvalue weighted by atomic mass is 9.99. The minimum atomic E-state index is -0.114. The first-order chi connectivity index (χ1) is 10.7. The predicted molar refractivity (Wildman–Crippen MR) is 89.5 cm³/mol. The Morgan fingerprint density at radius 2 is 1.95 bits per heavy atom. The first-order valence-electron chi connectivity index (χ1n) is 8.35. The lowest BCUT2D eigenvalue weighted by Gasteiger charge is -2.04. The number of allylic oxidation sites excluding steroid dienone is 6. The van der Waals surface area contributed by atoms with Gasteiger partial charge in [-0.05, 0) is 31.8 Å². The van der Waals surface area contributed by atoms with Gasteiger partial charge in [0, 0.05) is 17.9 Å². The maximum absolute atomic E-state index is 11.7. The molecule has 1 rings (SSSR count). The number of hydrogen-bond donors (Lipinski definition) is 0. The van der Waals surface area contributed by atoms with E-state index in [1.165, 1.54) is 13.5 Å². The minimum absolute atomic E-state index is 0.114. The summed E-state index contributed by atoms with van der Waals surface area (Å²) >= 11 is 0. The van der Waals surface area contributed by atoms with Crippen molar-refractivity contribution < 1.29 is 14.3 Å². The van der Waals surface area contributed by atoms with Gasteiger partial charge in [-0.25, -0.2) is 0 Å². The maximum atomic E-state index is 11.7. The molecule has 0 aromatic rings. The number of carbonyl (C=O) groups is 2. The van der Waals surface area contributed by atoms with E-state index < -0.39 is 0 Å². The summed E-state index contributed by atoms with van der Waals surface area (Å²) in [6, 6.07) is 0. The Labute approximate surface area is 134 Å². The summed E-state index contributed by atoms with van der Waals surface area (Å²) in [5.41, 5.74) is 0.918. The first-order valence-corrected chi connectivity index (χ1v) is 8.35. The van der Waals surface area contributed by atoms with Gasteiger partial charge in [0.1, 0.15) is 0 Å². The number of ketones is 1. The topological polar surface area (TPSA) is 43.4 Å². The van der Waals surface area contributed by atoms with Crippen LogP contribution in [0, 0.1) is 5.92 Å². The van der Waals surface area contributed by atoms with E-state index in [0.717, 1.165) is 44.1 Å². The number of carbonyl (C=O) groups excluding carboxylic acids is 2. The average molecular weight is 304 g/mol. The van der Waals surface area contributed by atoms with Crippen LogP contribution in [0.15, 0.2) is 36.0 Å². The molecule has 0 N–H and O–H groups in total. The summed E-state index contributed by atoms with van der Waals surface area (Å²) in [4.78, 5) is 22.6. The summed E-state index contributed by atoms with van der Waals surface area (Å²) < 4.78 is 4.61. The van der Waals surface area contributed by atoms with Crippen molar-refractivity contribution in [1.82, 2.24) is 0 Å². The normalized spacial score (nSPS) is 19.5. The second kappa shape index (κ2) is 11.0. The predicted octanol–water partition coefficient (Wildman–Crippen LogP) is 4.54. The highest BCUT2D eigenvalue weighted by atomic mass is 16.5. The molecule has 0 saturated carbocycles. The monoisotopic (exact) mass is 304 g/mol. The van der Waals surface area contributed by atoms with Crippen molar-refractivity contribution in [2.75, 3.05) is 7.11 Å². The number of methoxy groups -OCH3 is 1. The first kappa shape index (κ1) is 18.4. The van der Waals surface area contributed by atoms with E-state index in [1.807, 2.05) is 18.2 Å². The van der Waals surface area contributed by atoms with Crippen LogP contribution < -0.4 is 0 Å². The van der Waals surface area contributed by atoms with Crippen molar-refractivity contribution >= 4 is 11.8 Å². The molecule has 3 nitrogen and oxygen atoms in total. The van der Waals surface area contributed by atoms with Crippen LogP contribution >= 0.6 is 0 Å². The number of rotatable bonds is 10. The van der Waals surface area contributed by atoms with Crippen LogP contribution in [0.5, 0.6) is 0 Å².